The van der Waals surface area contributed by atoms with Crippen LogP contribution in [0.4, 0.5) is 0 Å². The summed E-state index contributed by atoms with van der Waals surface area (Å²) in [6, 6.07) is 13.2. The largest absolute Gasteiger partial charge is 0.472 e. The predicted octanol–water partition coefficient (Wildman–Crippen LogP) is 5.47. The number of piperazine rings is 1. The van der Waals surface area contributed by atoms with Crippen LogP contribution >= 0.6 is 34.5 Å². The molecule has 10 heteroatoms. The van der Waals surface area contributed by atoms with Gasteiger partial charge in [0, 0.05) is 50.4 Å². The van der Waals surface area contributed by atoms with Crippen molar-refractivity contribution in [2.45, 2.75) is 32.7 Å². The molecule has 184 valence electrons. The van der Waals surface area contributed by atoms with Crippen molar-refractivity contribution in [1.29, 1.82) is 0 Å². The molecule has 5 rings (SSSR count). The molecule has 3 heterocycles. The first-order valence-corrected chi connectivity index (χ1v) is 13.0. The van der Waals surface area contributed by atoms with Crippen molar-refractivity contribution in [2.24, 2.45) is 0 Å². The SMILES string of the molecule is Cc1nc2cc(OC([C@@H](C)O)N3CCN(Cc4cc(-c5ccc(Cl)c(Cl)c5)on4)CC3)ccc2s1. The van der Waals surface area contributed by atoms with E-state index in [1.807, 2.05) is 37.3 Å². The van der Waals surface area contributed by atoms with Gasteiger partial charge in [0.1, 0.15) is 11.9 Å². The van der Waals surface area contributed by atoms with E-state index in [0.717, 1.165) is 52.7 Å². The Hall–Kier alpha value is -2.20. The number of rotatable bonds is 7. The molecule has 0 spiro atoms. The summed E-state index contributed by atoms with van der Waals surface area (Å²) in [4.78, 5) is 9.04. The summed E-state index contributed by atoms with van der Waals surface area (Å²) in [5, 5.41) is 16.7. The van der Waals surface area contributed by atoms with E-state index in [9.17, 15) is 5.11 Å². The highest BCUT2D eigenvalue weighted by Gasteiger charge is 2.29. The number of halogens is 2. The number of aromatic nitrogens is 2. The molecule has 1 saturated heterocycles. The van der Waals surface area contributed by atoms with Gasteiger partial charge < -0.3 is 14.4 Å². The average molecular weight is 533 g/mol. The summed E-state index contributed by atoms with van der Waals surface area (Å²) in [6.45, 7) is 7.63. The summed E-state index contributed by atoms with van der Waals surface area (Å²) >= 11 is 13.8. The van der Waals surface area contributed by atoms with Crippen LogP contribution in [-0.4, -0.2) is 63.6 Å². The molecule has 1 fully saturated rings. The summed E-state index contributed by atoms with van der Waals surface area (Å²) in [7, 11) is 0. The summed E-state index contributed by atoms with van der Waals surface area (Å²) < 4.78 is 12.9. The molecule has 2 atom stereocenters. The van der Waals surface area contributed by atoms with Crippen molar-refractivity contribution in [3.63, 3.8) is 0 Å². The molecule has 1 N–H and O–H groups in total. The zero-order valence-electron chi connectivity index (χ0n) is 19.4. The Morgan fingerprint density at radius 2 is 1.89 bits per heavy atom. The molecule has 35 heavy (non-hydrogen) atoms. The minimum atomic E-state index is -0.640. The highest BCUT2D eigenvalue weighted by molar-refractivity contribution is 7.18. The second-order valence-electron chi connectivity index (χ2n) is 8.73. The number of benzene rings is 2. The maximum atomic E-state index is 10.5. The molecule has 0 aliphatic carbocycles. The Morgan fingerprint density at radius 1 is 1.09 bits per heavy atom. The molecular weight excluding hydrogens is 507 g/mol. The maximum absolute atomic E-state index is 10.5. The number of aliphatic hydroxyl groups is 1. The van der Waals surface area contributed by atoms with Crippen LogP contribution in [-0.2, 0) is 6.54 Å². The monoisotopic (exact) mass is 532 g/mol. The molecule has 7 nitrogen and oxygen atoms in total. The van der Waals surface area contributed by atoms with Crippen LogP contribution in [0.1, 0.15) is 17.6 Å². The number of hydrogen-bond donors (Lipinski definition) is 1. The van der Waals surface area contributed by atoms with Crippen LogP contribution in [0, 0.1) is 6.92 Å². The lowest BCUT2D eigenvalue weighted by atomic mass is 10.1. The van der Waals surface area contributed by atoms with Gasteiger partial charge in [0.15, 0.2) is 12.0 Å². The van der Waals surface area contributed by atoms with Crippen LogP contribution in [0.2, 0.25) is 10.0 Å². The standard InChI is InChI=1S/C25H26Cl2N4O3S/c1-15(32)25(33-19-4-6-24-22(13-19)28-16(2)35-24)31-9-7-30(8-10-31)14-18-12-23(34-29-18)17-3-5-20(26)21(27)11-17/h3-6,11-13,15,25,32H,7-10,14H2,1-2H3/t15-,25?/m1/s1. The first-order valence-electron chi connectivity index (χ1n) is 11.4. The van der Waals surface area contributed by atoms with E-state index in [-0.39, 0.29) is 0 Å². The quantitative estimate of drug-likeness (QED) is 0.338. The third-order valence-electron chi connectivity index (χ3n) is 6.05. The number of aryl methyl sites for hydroxylation is 1. The van der Waals surface area contributed by atoms with Crippen LogP contribution in [0.5, 0.6) is 5.75 Å². The molecule has 0 bridgehead atoms. The molecule has 1 aliphatic rings. The number of hydrogen-bond acceptors (Lipinski definition) is 8. The predicted molar refractivity (Wildman–Crippen MR) is 139 cm³/mol. The third kappa shape index (κ3) is 5.63. The van der Waals surface area contributed by atoms with Crippen molar-refractivity contribution in [3.8, 4) is 17.1 Å². The smallest absolute Gasteiger partial charge is 0.178 e. The van der Waals surface area contributed by atoms with Crippen molar-refractivity contribution < 1.29 is 14.4 Å². The van der Waals surface area contributed by atoms with Gasteiger partial charge in [-0.25, -0.2) is 4.98 Å². The molecule has 1 aliphatic heterocycles. The molecule has 2 aromatic carbocycles. The van der Waals surface area contributed by atoms with Crippen LogP contribution in [0.25, 0.3) is 21.5 Å². The van der Waals surface area contributed by atoms with E-state index in [1.165, 1.54) is 0 Å². The Morgan fingerprint density at radius 3 is 2.63 bits per heavy atom. The topological polar surface area (TPSA) is 74.9 Å². The fourth-order valence-electron chi connectivity index (χ4n) is 4.29. The van der Waals surface area contributed by atoms with Gasteiger partial charge in [-0.05, 0) is 44.2 Å². The highest BCUT2D eigenvalue weighted by Crippen LogP contribution is 2.30. The van der Waals surface area contributed by atoms with Gasteiger partial charge in [0.25, 0.3) is 0 Å². The van der Waals surface area contributed by atoms with Crippen LogP contribution < -0.4 is 4.74 Å². The van der Waals surface area contributed by atoms with E-state index in [4.69, 9.17) is 32.5 Å². The van der Waals surface area contributed by atoms with E-state index in [0.29, 0.717) is 28.1 Å². The highest BCUT2D eigenvalue weighted by atomic mass is 35.5. The van der Waals surface area contributed by atoms with Crippen LogP contribution in [0.15, 0.2) is 47.0 Å². The van der Waals surface area contributed by atoms with E-state index >= 15 is 0 Å². The van der Waals surface area contributed by atoms with E-state index in [2.05, 4.69) is 19.9 Å². The minimum absolute atomic E-state index is 0.428. The number of aliphatic hydroxyl groups excluding tert-OH is 1. The van der Waals surface area contributed by atoms with Gasteiger partial charge >= 0.3 is 0 Å². The maximum Gasteiger partial charge on any atom is 0.178 e. The van der Waals surface area contributed by atoms with Crippen molar-refractivity contribution >= 4 is 44.8 Å². The molecule has 0 amide bonds. The fraction of sp³-hybridized carbons (Fsp3) is 0.360. The van der Waals surface area contributed by atoms with Gasteiger partial charge in [-0.3, -0.25) is 9.80 Å². The summed E-state index contributed by atoms with van der Waals surface area (Å²) in [5.41, 5.74) is 2.62. The van der Waals surface area contributed by atoms with Gasteiger partial charge in [-0.1, -0.05) is 28.4 Å². The van der Waals surface area contributed by atoms with Crippen molar-refractivity contribution in [2.75, 3.05) is 26.2 Å². The Kier molecular flexibility index (Phi) is 7.29. The number of nitrogens with zero attached hydrogens (tertiary/aromatic N) is 4. The molecule has 1 unspecified atom stereocenters. The normalized spacial score (nSPS) is 17.1. The van der Waals surface area contributed by atoms with Gasteiger partial charge in [0.05, 0.1) is 31.0 Å². The lowest BCUT2D eigenvalue weighted by molar-refractivity contribution is -0.0752. The van der Waals surface area contributed by atoms with Gasteiger partial charge in [-0.15, -0.1) is 11.3 Å². The molecule has 4 aromatic rings. The van der Waals surface area contributed by atoms with E-state index in [1.54, 1.807) is 30.4 Å². The second kappa shape index (κ2) is 10.4. The molecular formula is C25H26Cl2N4O3S. The number of fused-ring (bicyclic) bond motifs is 1. The lowest BCUT2D eigenvalue weighted by Gasteiger charge is -2.39. The number of thiazole rings is 1. The lowest BCUT2D eigenvalue weighted by Crippen LogP contribution is -2.55. The zero-order chi connectivity index (χ0) is 24.5. The zero-order valence-corrected chi connectivity index (χ0v) is 21.8. The minimum Gasteiger partial charge on any atom is -0.472 e. The van der Waals surface area contributed by atoms with Crippen LogP contribution in [0.3, 0.4) is 0 Å². The Labute approximate surface area is 217 Å². The van der Waals surface area contributed by atoms with E-state index < -0.39 is 12.3 Å². The van der Waals surface area contributed by atoms with Crippen molar-refractivity contribution in [3.05, 3.63) is 63.2 Å². The first kappa shape index (κ1) is 24.5. The van der Waals surface area contributed by atoms with Crippen molar-refractivity contribution in [1.82, 2.24) is 19.9 Å². The summed E-state index contributed by atoms with van der Waals surface area (Å²) in [5.74, 6) is 1.38. The van der Waals surface area contributed by atoms with Gasteiger partial charge in [-0.2, -0.15) is 0 Å². The molecule has 2 aromatic heterocycles. The third-order valence-corrected chi connectivity index (χ3v) is 7.74. The Bertz CT molecular complexity index is 1320. The second-order valence-corrected chi connectivity index (χ2v) is 10.8. The first-order chi connectivity index (χ1) is 16.9. The Balaban J connectivity index is 1.19. The average Bonchev–Trinajstić information content (AvgIpc) is 3.45. The van der Waals surface area contributed by atoms with Gasteiger partial charge in [0.2, 0.25) is 0 Å². The molecule has 0 radical (unpaired) electrons. The number of ether oxygens (including phenoxy) is 1. The summed E-state index contributed by atoms with van der Waals surface area (Å²) in [6.07, 6.45) is -1.07. The molecule has 0 saturated carbocycles. The fourth-order valence-corrected chi connectivity index (χ4v) is 5.40.